The van der Waals surface area contributed by atoms with Gasteiger partial charge in [0.1, 0.15) is 5.75 Å². The Hall–Kier alpha value is -2.05. The standard InChI is InChI=1S/C22H26N2O4/c1-4-21-10-13(19(25)27-3)17-22(14-6-5-12(26-2)9-15(14)23-17)7-8-24(20(21)22)11-16-18(21)28-16/h5-6,9,16,18,20,23H,4,7-8,10-11H2,1-3H3/t16-,18-,20-,21+,22-/m0/s1. The molecule has 6 nitrogen and oxygen atoms in total. The van der Waals surface area contributed by atoms with Crippen molar-refractivity contribution in [3.05, 3.63) is 35.0 Å². The lowest BCUT2D eigenvalue weighted by atomic mass is 9.53. The van der Waals surface area contributed by atoms with Crippen LogP contribution in [0.3, 0.4) is 0 Å². The molecule has 0 unspecified atom stereocenters. The van der Waals surface area contributed by atoms with Crippen LogP contribution in [0, 0.1) is 5.41 Å². The van der Waals surface area contributed by atoms with E-state index in [1.807, 2.05) is 6.07 Å². The van der Waals surface area contributed by atoms with E-state index in [-0.39, 0.29) is 22.9 Å². The van der Waals surface area contributed by atoms with Gasteiger partial charge < -0.3 is 19.5 Å². The van der Waals surface area contributed by atoms with Gasteiger partial charge in [0.25, 0.3) is 0 Å². The Kier molecular flexibility index (Phi) is 3.19. The molecule has 3 fully saturated rings. The van der Waals surface area contributed by atoms with Gasteiger partial charge in [-0.15, -0.1) is 0 Å². The molecule has 0 saturated carbocycles. The van der Waals surface area contributed by atoms with E-state index in [9.17, 15) is 4.79 Å². The summed E-state index contributed by atoms with van der Waals surface area (Å²) in [5.41, 5.74) is 3.95. The summed E-state index contributed by atoms with van der Waals surface area (Å²) >= 11 is 0. The summed E-state index contributed by atoms with van der Waals surface area (Å²) in [5, 5.41) is 3.63. The van der Waals surface area contributed by atoms with Crippen molar-refractivity contribution in [3.63, 3.8) is 0 Å². The van der Waals surface area contributed by atoms with Crippen molar-refractivity contribution in [3.8, 4) is 5.75 Å². The number of nitrogens with zero attached hydrogens (tertiary/aromatic N) is 1. The number of epoxide rings is 1. The molecule has 0 amide bonds. The van der Waals surface area contributed by atoms with Gasteiger partial charge in [0.15, 0.2) is 0 Å². The number of nitrogens with one attached hydrogen (secondary N) is 1. The number of benzene rings is 1. The quantitative estimate of drug-likeness (QED) is 0.640. The molecule has 148 valence electrons. The minimum absolute atomic E-state index is 0.0460. The van der Waals surface area contributed by atoms with Crippen LogP contribution < -0.4 is 10.1 Å². The summed E-state index contributed by atoms with van der Waals surface area (Å²) in [4.78, 5) is 15.5. The topological polar surface area (TPSA) is 63.3 Å². The Labute approximate surface area is 164 Å². The van der Waals surface area contributed by atoms with Crippen LogP contribution in [0.25, 0.3) is 0 Å². The number of anilines is 1. The molecule has 1 spiro atoms. The van der Waals surface area contributed by atoms with Crippen LogP contribution in [0.15, 0.2) is 29.5 Å². The summed E-state index contributed by atoms with van der Waals surface area (Å²) in [6.45, 7) is 4.29. The minimum Gasteiger partial charge on any atom is -0.497 e. The highest BCUT2D eigenvalue weighted by Crippen LogP contribution is 2.68. The molecule has 6 heteroatoms. The van der Waals surface area contributed by atoms with Crippen LogP contribution in [-0.2, 0) is 19.7 Å². The first-order chi connectivity index (χ1) is 13.6. The van der Waals surface area contributed by atoms with Gasteiger partial charge in [0.2, 0.25) is 0 Å². The molecule has 5 aliphatic rings. The third-order valence-electron chi connectivity index (χ3n) is 8.04. The fraction of sp³-hybridized carbons (Fsp3) is 0.591. The maximum absolute atomic E-state index is 12.9. The van der Waals surface area contributed by atoms with Crippen molar-refractivity contribution in [2.24, 2.45) is 5.41 Å². The Balaban J connectivity index is 1.63. The lowest BCUT2D eigenvalue weighted by Crippen LogP contribution is -2.63. The van der Waals surface area contributed by atoms with E-state index in [1.165, 1.54) is 12.7 Å². The number of carbonyl (C=O) groups is 1. The number of hydrogen-bond donors (Lipinski definition) is 1. The fourth-order valence-corrected chi connectivity index (χ4v) is 6.97. The minimum atomic E-state index is -0.214. The monoisotopic (exact) mass is 382 g/mol. The van der Waals surface area contributed by atoms with Crippen LogP contribution in [-0.4, -0.2) is 56.4 Å². The second kappa shape index (κ2) is 5.30. The van der Waals surface area contributed by atoms with Gasteiger partial charge in [-0.05, 0) is 37.4 Å². The number of hydrogen-bond acceptors (Lipinski definition) is 6. The van der Waals surface area contributed by atoms with E-state index in [4.69, 9.17) is 14.2 Å². The fourth-order valence-electron chi connectivity index (χ4n) is 6.97. The molecular weight excluding hydrogens is 356 g/mol. The highest BCUT2D eigenvalue weighted by Gasteiger charge is 2.73. The predicted octanol–water partition coefficient (Wildman–Crippen LogP) is 2.44. The van der Waals surface area contributed by atoms with E-state index >= 15 is 0 Å². The van der Waals surface area contributed by atoms with Crippen LogP contribution in [0.2, 0.25) is 0 Å². The molecule has 1 aromatic rings. The summed E-state index contributed by atoms with van der Waals surface area (Å²) in [6, 6.07) is 6.64. The van der Waals surface area contributed by atoms with Gasteiger partial charge >= 0.3 is 5.97 Å². The first-order valence-electron chi connectivity index (χ1n) is 10.3. The zero-order valence-electron chi connectivity index (χ0n) is 16.6. The first-order valence-corrected chi connectivity index (χ1v) is 10.3. The van der Waals surface area contributed by atoms with Gasteiger partial charge in [0.05, 0.1) is 37.4 Å². The number of ether oxygens (including phenoxy) is 3. The average Bonchev–Trinajstić information content (AvgIpc) is 3.31. The number of piperidine rings is 1. The molecule has 28 heavy (non-hydrogen) atoms. The molecule has 3 saturated heterocycles. The highest BCUT2D eigenvalue weighted by molar-refractivity contribution is 5.93. The Morgan fingerprint density at radius 2 is 2.25 bits per heavy atom. The molecule has 5 atom stereocenters. The maximum atomic E-state index is 12.9. The smallest absolute Gasteiger partial charge is 0.335 e. The summed E-state index contributed by atoms with van der Waals surface area (Å²) in [6.07, 6.45) is 3.29. The molecule has 1 aliphatic carbocycles. The van der Waals surface area contributed by atoms with Crippen molar-refractivity contribution >= 4 is 11.7 Å². The van der Waals surface area contributed by atoms with E-state index in [2.05, 4.69) is 29.3 Å². The normalized spacial score (nSPS) is 39.5. The molecule has 4 aliphatic heterocycles. The third-order valence-corrected chi connectivity index (χ3v) is 8.04. The number of fused-ring (bicyclic) bond motifs is 3. The largest absolute Gasteiger partial charge is 0.497 e. The number of esters is 1. The molecule has 0 bridgehead atoms. The zero-order valence-corrected chi connectivity index (χ0v) is 16.6. The van der Waals surface area contributed by atoms with Crippen LogP contribution >= 0.6 is 0 Å². The highest BCUT2D eigenvalue weighted by atomic mass is 16.6. The Bertz CT molecular complexity index is 927. The van der Waals surface area contributed by atoms with Crippen LogP contribution in [0.5, 0.6) is 5.75 Å². The van der Waals surface area contributed by atoms with E-state index in [1.54, 1.807) is 7.11 Å². The summed E-state index contributed by atoms with van der Waals surface area (Å²) in [5.74, 6) is 0.613. The van der Waals surface area contributed by atoms with Crippen LogP contribution in [0.4, 0.5) is 5.69 Å². The lowest BCUT2D eigenvalue weighted by molar-refractivity contribution is -0.137. The Morgan fingerprint density at radius 1 is 1.39 bits per heavy atom. The van der Waals surface area contributed by atoms with Crippen molar-refractivity contribution in [1.29, 1.82) is 0 Å². The first kappa shape index (κ1) is 16.9. The summed E-state index contributed by atoms with van der Waals surface area (Å²) in [7, 11) is 3.17. The molecule has 0 aromatic heterocycles. The predicted molar refractivity (Wildman–Crippen MR) is 103 cm³/mol. The molecular formula is C22H26N2O4. The maximum Gasteiger partial charge on any atom is 0.335 e. The van der Waals surface area contributed by atoms with Gasteiger partial charge in [-0.1, -0.05) is 13.0 Å². The van der Waals surface area contributed by atoms with Crippen molar-refractivity contribution in [2.75, 3.05) is 32.6 Å². The van der Waals surface area contributed by atoms with Gasteiger partial charge in [0, 0.05) is 35.5 Å². The van der Waals surface area contributed by atoms with Crippen LogP contribution in [0.1, 0.15) is 31.7 Å². The lowest BCUT2D eigenvalue weighted by Gasteiger charge is -2.54. The summed E-state index contributed by atoms with van der Waals surface area (Å²) < 4.78 is 16.9. The van der Waals surface area contributed by atoms with Crippen molar-refractivity contribution < 1.29 is 19.0 Å². The zero-order chi connectivity index (χ0) is 19.3. The van der Waals surface area contributed by atoms with E-state index in [0.29, 0.717) is 18.6 Å². The average molecular weight is 382 g/mol. The second-order valence-corrected chi connectivity index (χ2v) is 8.86. The van der Waals surface area contributed by atoms with Gasteiger partial charge in [-0.25, -0.2) is 4.79 Å². The van der Waals surface area contributed by atoms with Gasteiger partial charge in [-0.3, -0.25) is 4.90 Å². The van der Waals surface area contributed by atoms with E-state index < -0.39 is 0 Å². The molecule has 0 radical (unpaired) electrons. The van der Waals surface area contributed by atoms with Crippen molar-refractivity contribution in [1.82, 2.24) is 4.90 Å². The number of carbonyl (C=O) groups excluding carboxylic acids is 1. The number of rotatable bonds is 3. The third kappa shape index (κ3) is 1.75. The number of methoxy groups -OCH3 is 2. The Morgan fingerprint density at radius 3 is 3.00 bits per heavy atom. The van der Waals surface area contributed by atoms with E-state index in [0.717, 1.165) is 48.6 Å². The SMILES string of the molecule is CC[C@@]12CC(C(=O)OC)=C3Nc4cc(OC)ccc4[C@@]34CCN(C[C@@H]3O[C@@H]31)[C@@H]24. The molecule has 1 aromatic carbocycles. The van der Waals surface area contributed by atoms with Gasteiger partial charge in [-0.2, -0.15) is 0 Å². The molecule has 6 rings (SSSR count). The molecule has 1 N–H and O–H groups in total. The molecule has 4 heterocycles. The second-order valence-electron chi connectivity index (χ2n) is 8.86. The van der Waals surface area contributed by atoms with Crippen molar-refractivity contribution in [2.45, 2.75) is 49.9 Å².